The number of rotatable bonds is 4. The lowest BCUT2D eigenvalue weighted by molar-refractivity contribution is 0.0716. The molecule has 5 rings (SSSR count). The third-order valence-electron chi connectivity index (χ3n) is 6.73. The predicted octanol–water partition coefficient (Wildman–Crippen LogP) is 3.90. The van der Waals surface area contributed by atoms with Gasteiger partial charge in [0.25, 0.3) is 11.8 Å². The number of piperazine rings is 1. The molecule has 0 unspecified atom stereocenters. The Hall–Kier alpha value is -2.85. The largest absolute Gasteiger partial charge is 0.353 e. The molecular weight excluding hydrogens is 480 g/mol. The van der Waals surface area contributed by atoms with Gasteiger partial charge in [-0.1, -0.05) is 6.07 Å². The third-order valence-corrected chi connectivity index (χ3v) is 8.80. The number of hydrogen-bond donors (Lipinski definition) is 0. The first-order valence-corrected chi connectivity index (χ1v) is 13.8. The second-order valence-corrected chi connectivity index (χ2v) is 11.3. The van der Waals surface area contributed by atoms with Crippen LogP contribution in [-0.2, 0) is 0 Å². The number of amides is 2. The van der Waals surface area contributed by atoms with Gasteiger partial charge in [-0.2, -0.15) is 0 Å². The normalized spacial score (nSPS) is 17.2. The van der Waals surface area contributed by atoms with Crippen molar-refractivity contribution < 1.29 is 9.59 Å². The van der Waals surface area contributed by atoms with Crippen LogP contribution in [-0.4, -0.2) is 75.8 Å². The molecule has 35 heavy (non-hydrogen) atoms. The Morgan fingerprint density at radius 2 is 1.60 bits per heavy atom. The van der Waals surface area contributed by atoms with E-state index in [9.17, 15) is 9.59 Å². The van der Waals surface area contributed by atoms with Crippen molar-refractivity contribution in [3.63, 3.8) is 0 Å². The van der Waals surface area contributed by atoms with Gasteiger partial charge in [-0.25, -0.2) is 15.0 Å². The molecule has 0 bridgehead atoms. The second-order valence-electron chi connectivity index (χ2n) is 9.20. The van der Waals surface area contributed by atoms with Crippen molar-refractivity contribution in [3.8, 4) is 0 Å². The summed E-state index contributed by atoms with van der Waals surface area (Å²) in [5, 5.41) is 3.83. The average Bonchev–Trinajstić information content (AvgIpc) is 3.50. The Morgan fingerprint density at radius 1 is 0.886 bits per heavy atom. The van der Waals surface area contributed by atoms with Crippen molar-refractivity contribution in [3.05, 3.63) is 55.6 Å². The minimum atomic E-state index is 0.00741. The fourth-order valence-electron chi connectivity index (χ4n) is 4.78. The van der Waals surface area contributed by atoms with E-state index in [1.807, 2.05) is 54.2 Å². The number of carbonyl (C=O) groups is 2. The number of likely N-dealkylation sites (tertiary alicyclic amines) is 1. The van der Waals surface area contributed by atoms with Crippen LogP contribution < -0.4 is 4.90 Å². The maximum absolute atomic E-state index is 13.1. The molecule has 0 saturated carbocycles. The van der Waals surface area contributed by atoms with Crippen LogP contribution in [0.3, 0.4) is 0 Å². The number of aryl methyl sites for hydroxylation is 3. The van der Waals surface area contributed by atoms with E-state index < -0.39 is 0 Å². The molecule has 2 aliphatic rings. The number of pyridine rings is 1. The number of thiazole rings is 2. The zero-order valence-electron chi connectivity index (χ0n) is 20.4. The van der Waals surface area contributed by atoms with E-state index in [0.29, 0.717) is 37.8 Å². The van der Waals surface area contributed by atoms with Crippen LogP contribution in [0.15, 0.2) is 23.6 Å². The van der Waals surface area contributed by atoms with Gasteiger partial charge in [-0.15, -0.1) is 22.7 Å². The molecule has 2 fully saturated rings. The van der Waals surface area contributed by atoms with Crippen molar-refractivity contribution in [2.24, 2.45) is 0 Å². The standard InChI is InChI=1S/C25H30N6O2S2/c1-16-5-4-6-21(26-16)29-11-13-31(14-12-29)24(32)20-15-34-23(28-20)19-7-9-30(10-8-19)25(33)22-17(2)27-18(3)35-22/h4-6,15,19H,7-14H2,1-3H3. The molecule has 8 nitrogen and oxygen atoms in total. The van der Waals surface area contributed by atoms with Crippen LogP contribution in [0.4, 0.5) is 5.82 Å². The summed E-state index contributed by atoms with van der Waals surface area (Å²) in [5.41, 5.74) is 2.36. The number of aromatic nitrogens is 3. The molecule has 0 aliphatic carbocycles. The molecule has 2 amide bonds. The van der Waals surface area contributed by atoms with E-state index in [0.717, 1.165) is 58.0 Å². The molecule has 184 valence electrons. The van der Waals surface area contributed by atoms with Crippen LogP contribution in [0.5, 0.6) is 0 Å². The monoisotopic (exact) mass is 510 g/mol. The molecule has 0 radical (unpaired) electrons. The van der Waals surface area contributed by atoms with Gasteiger partial charge in [0.05, 0.1) is 15.7 Å². The van der Waals surface area contributed by atoms with Crippen molar-refractivity contribution in [1.29, 1.82) is 0 Å². The lowest BCUT2D eigenvalue weighted by Crippen LogP contribution is -2.49. The fraction of sp³-hybridized carbons (Fsp3) is 0.480. The van der Waals surface area contributed by atoms with Crippen LogP contribution in [0, 0.1) is 20.8 Å². The summed E-state index contributed by atoms with van der Waals surface area (Å²) in [6.07, 6.45) is 1.73. The number of anilines is 1. The first-order chi connectivity index (χ1) is 16.9. The van der Waals surface area contributed by atoms with Gasteiger partial charge in [-0.3, -0.25) is 9.59 Å². The van der Waals surface area contributed by atoms with Crippen molar-refractivity contribution in [2.75, 3.05) is 44.2 Å². The average molecular weight is 511 g/mol. The van der Waals surface area contributed by atoms with Gasteiger partial charge >= 0.3 is 0 Å². The minimum absolute atomic E-state index is 0.00741. The molecule has 3 aromatic heterocycles. The maximum atomic E-state index is 13.1. The third kappa shape index (κ3) is 5.08. The molecule has 3 aromatic rings. The zero-order valence-corrected chi connectivity index (χ0v) is 22.0. The van der Waals surface area contributed by atoms with E-state index in [1.54, 1.807) is 11.3 Å². The summed E-state index contributed by atoms with van der Waals surface area (Å²) >= 11 is 3.04. The summed E-state index contributed by atoms with van der Waals surface area (Å²) in [7, 11) is 0. The van der Waals surface area contributed by atoms with Crippen molar-refractivity contribution in [1.82, 2.24) is 24.8 Å². The summed E-state index contributed by atoms with van der Waals surface area (Å²) < 4.78 is 0. The Labute approximate surface area is 213 Å². The van der Waals surface area contributed by atoms with E-state index in [-0.39, 0.29) is 11.8 Å². The Kier molecular flexibility index (Phi) is 6.84. The van der Waals surface area contributed by atoms with Gasteiger partial charge in [0, 0.05) is 56.3 Å². The summed E-state index contributed by atoms with van der Waals surface area (Å²) in [6, 6.07) is 6.04. The van der Waals surface area contributed by atoms with Crippen LogP contribution in [0.25, 0.3) is 0 Å². The first-order valence-electron chi connectivity index (χ1n) is 12.1. The minimum Gasteiger partial charge on any atom is -0.353 e. The number of nitrogens with zero attached hydrogens (tertiary/aromatic N) is 6. The smallest absolute Gasteiger partial charge is 0.273 e. The first kappa shape index (κ1) is 23.9. The van der Waals surface area contributed by atoms with E-state index >= 15 is 0 Å². The molecule has 0 N–H and O–H groups in total. The zero-order chi connectivity index (χ0) is 24.5. The maximum Gasteiger partial charge on any atom is 0.273 e. The number of hydrogen-bond acceptors (Lipinski definition) is 8. The highest BCUT2D eigenvalue weighted by Gasteiger charge is 2.30. The topological polar surface area (TPSA) is 82.5 Å². The van der Waals surface area contributed by atoms with Gasteiger partial charge < -0.3 is 14.7 Å². The molecule has 10 heteroatoms. The Bertz CT molecular complexity index is 1220. The Morgan fingerprint density at radius 3 is 2.26 bits per heavy atom. The molecule has 0 spiro atoms. The van der Waals surface area contributed by atoms with Gasteiger partial charge in [0.1, 0.15) is 16.4 Å². The summed E-state index contributed by atoms with van der Waals surface area (Å²) in [6.45, 7) is 10.1. The summed E-state index contributed by atoms with van der Waals surface area (Å²) in [4.78, 5) is 46.5. The summed E-state index contributed by atoms with van der Waals surface area (Å²) in [5.74, 6) is 1.35. The highest BCUT2D eigenvalue weighted by molar-refractivity contribution is 7.13. The number of piperidine rings is 1. The molecule has 0 atom stereocenters. The number of carbonyl (C=O) groups excluding carboxylic acids is 2. The predicted molar refractivity (Wildman–Crippen MR) is 139 cm³/mol. The SMILES string of the molecule is Cc1cccc(N2CCN(C(=O)c3csc(C4CCN(C(=O)c5sc(C)nc5C)CC4)n3)CC2)n1. The van der Waals surface area contributed by atoms with Gasteiger partial charge in [-0.05, 0) is 45.7 Å². The van der Waals surface area contributed by atoms with Crippen LogP contribution in [0.2, 0.25) is 0 Å². The quantitative estimate of drug-likeness (QED) is 0.529. The van der Waals surface area contributed by atoms with Crippen LogP contribution >= 0.6 is 22.7 Å². The molecule has 5 heterocycles. The van der Waals surface area contributed by atoms with E-state index in [1.165, 1.54) is 11.3 Å². The van der Waals surface area contributed by atoms with Crippen molar-refractivity contribution >= 4 is 40.3 Å². The highest BCUT2D eigenvalue weighted by Crippen LogP contribution is 2.32. The highest BCUT2D eigenvalue weighted by atomic mass is 32.1. The van der Waals surface area contributed by atoms with Gasteiger partial charge in [0.15, 0.2) is 0 Å². The second kappa shape index (κ2) is 10.0. The van der Waals surface area contributed by atoms with E-state index in [4.69, 9.17) is 4.98 Å². The fourth-order valence-corrected chi connectivity index (χ4v) is 6.63. The lowest BCUT2D eigenvalue weighted by Gasteiger charge is -2.35. The molecule has 2 aliphatic heterocycles. The molecule has 2 saturated heterocycles. The molecule has 0 aromatic carbocycles. The Balaban J connectivity index is 1.15. The lowest BCUT2D eigenvalue weighted by atomic mass is 9.97. The van der Waals surface area contributed by atoms with Gasteiger partial charge in [0.2, 0.25) is 0 Å². The van der Waals surface area contributed by atoms with E-state index in [2.05, 4.69) is 14.9 Å². The van der Waals surface area contributed by atoms with Crippen molar-refractivity contribution in [2.45, 2.75) is 39.5 Å². The van der Waals surface area contributed by atoms with Crippen LogP contribution in [0.1, 0.15) is 60.3 Å². The molecular formula is C25H30N6O2S2.